The van der Waals surface area contributed by atoms with Gasteiger partial charge in [-0.15, -0.1) is 0 Å². The highest BCUT2D eigenvalue weighted by Crippen LogP contribution is 2.40. The van der Waals surface area contributed by atoms with E-state index in [2.05, 4.69) is 32.9 Å². The molecule has 0 amide bonds. The van der Waals surface area contributed by atoms with Crippen molar-refractivity contribution in [3.05, 3.63) is 12.2 Å². The summed E-state index contributed by atoms with van der Waals surface area (Å²) in [6, 6.07) is 0. The van der Waals surface area contributed by atoms with Gasteiger partial charge in [0.1, 0.15) is 0 Å². The molecule has 0 radical (unpaired) electrons. The van der Waals surface area contributed by atoms with Crippen LogP contribution in [0.5, 0.6) is 0 Å². The van der Waals surface area contributed by atoms with E-state index in [4.69, 9.17) is 4.74 Å². The van der Waals surface area contributed by atoms with E-state index in [1.165, 1.54) is 7.11 Å². The molecule has 0 fully saturated rings. The van der Waals surface area contributed by atoms with Gasteiger partial charge in [-0.3, -0.25) is 4.79 Å². The first-order valence-corrected chi connectivity index (χ1v) is 4.73. The van der Waals surface area contributed by atoms with Gasteiger partial charge in [-0.1, -0.05) is 32.9 Å². The normalized spacial score (nSPS) is 31.4. The molecule has 2 atom stereocenters. The molecule has 1 aliphatic carbocycles. The van der Waals surface area contributed by atoms with Gasteiger partial charge in [0.25, 0.3) is 0 Å². The zero-order valence-corrected chi connectivity index (χ0v) is 8.83. The Labute approximate surface area is 80.0 Å². The molecule has 0 aliphatic heterocycles. The second-order valence-electron chi connectivity index (χ2n) is 4.48. The van der Waals surface area contributed by atoms with E-state index >= 15 is 0 Å². The van der Waals surface area contributed by atoms with Crippen LogP contribution in [0.1, 0.15) is 27.2 Å². The van der Waals surface area contributed by atoms with Gasteiger partial charge in [-0.25, -0.2) is 0 Å². The maximum Gasteiger partial charge on any atom is 0.309 e. The average Bonchev–Trinajstić information content (AvgIpc) is 2.02. The van der Waals surface area contributed by atoms with Crippen molar-refractivity contribution in [3.8, 4) is 0 Å². The molecular formula is C11H18O2. The summed E-state index contributed by atoms with van der Waals surface area (Å²) in [6.07, 6.45) is 5.22. The minimum atomic E-state index is -0.0816. The third-order valence-electron chi connectivity index (χ3n) is 2.91. The molecule has 0 bridgehead atoms. The number of carbonyl (C=O) groups excluding carboxylic acids is 1. The van der Waals surface area contributed by atoms with Gasteiger partial charge in [0.15, 0.2) is 0 Å². The Hall–Kier alpha value is -0.790. The lowest BCUT2D eigenvalue weighted by Gasteiger charge is -2.37. The van der Waals surface area contributed by atoms with Crippen LogP contribution in [0.2, 0.25) is 0 Å². The van der Waals surface area contributed by atoms with E-state index in [0.29, 0.717) is 0 Å². The molecule has 0 aromatic heterocycles. The third kappa shape index (κ3) is 1.93. The van der Waals surface area contributed by atoms with E-state index in [1.807, 2.05) is 0 Å². The van der Waals surface area contributed by atoms with Crippen molar-refractivity contribution >= 4 is 5.97 Å². The van der Waals surface area contributed by atoms with Crippen LogP contribution in [-0.2, 0) is 9.53 Å². The summed E-state index contributed by atoms with van der Waals surface area (Å²) in [5.74, 6) is 0.209. The summed E-state index contributed by atoms with van der Waals surface area (Å²) in [7, 11) is 1.46. The van der Waals surface area contributed by atoms with Crippen molar-refractivity contribution in [2.75, 3.05) is 7.11 Å². The molecule has 0 heterocycles. The Bertz CT molecular complexity index is 228. The highest BCUT2D eigenvalue weighted by molar-refractivity contribution is 5.74. The fourth-order valence-corrected chi connectivity index (χ4v) is 2.20. The first-order valence-electron chi connectivity index (χ1n) is 4.73. The molecule has 1 aliphatic rings. The van der Waals surface area contributed by atoms with E-state index < -0.39 is 0 Å². The van der Waals surface area contributed by atoms with Crippen molar-refractivity contribution in [2.24, 2.45) is 17.3 Å². The third-order valence-corrected chi connectivity index (χ3v) is 2.91. The summed E-state index contributed by atoms with van der Waals surface area (Å²) < 4.78 is 4.82. The summed E-state index contributed by atoms with van der Waals surface area (Å²) in [5, 5.41) is 0. The Kier molecular flexibility index (Phi) is 2.79. The molecule has 13 heavy (non-hydrogen) atoms. The maximum atomic E-state index is 11.5. The summed E-state index contributed by atoms with van der Waals surface area (Å²) >= 11 is 0. The molecule has 2 nitrogen and oxygen atoms in total. The van der Waals surface area contributed by atoms with Gasteiger partial charge in [-0.05, 0) is 17.8 Å². The zero-order chi connectivity index (χ0) is 10.1. The molecule has 74 valence electrons. The number of hydrogen-bond acceptors (Lipinski definition) is 2. The average molecular weight is 182 g/mol. The lowest BCUT2D eigenvalue weighted by Crippen LogP contribution is -2.37. The van der Waals surface area contributed by atoms with Gasteiger partial charge in [0.2, 0.25) is 0 Å². The molecule has 0 saturated carbocycles. The Morgan fingerprint density at radius 1 is 1.54 bits per heavy atom. The van der Waals surface area contributed by atoms with Crippen LogP contribution in [0.4, 0.5) is 0 Å². The van der Waals surface area contributed by atoms with Crippen molar-refractivity contribution in [3.63, 3.8) is 0 Å². The van der Waals surface area contributed by atoms with Gasteiger partial charge in [-0.2, -0.15) is 0 Å². The smallest absolute Gasteiger partial charge is 0.309 e. The molecule has 0 aromatic rings. The van der Waals surface area contributed by atoms with Gasteiger partial charge >= 0.3 is 5.97 Å². The number of ether oxygens (including phenoxy) is 1. The highest BCUT2D eigenvalue weighted by Gasteiger charge is 2.40. The van der Waals surface area contributed by atoms with E-state index in [0.717, 1.165) is 6.42 Å². The fourth-order valence-electron chi connectivity index (χ4n) is 2.20. The van der Waals surface area contributed by atoms with Crippen LogP contribution >= 0.6 is 0 Å². The molecule has 0 spiro atoms. The van der Waals surface area contributed by atoms with Crippen LogP contribution in [0, 0.1) is 17.3 Å². The standard InChI is InChI=1S/C11H18O2/c1-8-6-5-7-11(2,3)9(8)10(12)13-4/h5-6,8-9H,7H2,1-4H3/t8-,9+/m0/s1. The lowest BCUT2D eigenvalue weighted by atomic mass is 9.67. The largest absolute Gasteiger partial charge is 0.469 e. The predicted molar refractivity (Wildman–Crippen MR) is 52.2 cm³/mol. The number of allylic oxidation sites excluding steroid dienone is 2. The quantitative estimate of drug-likeness (QED) is 0.460. The van der Waals surface area contributed by atoms with E-state index in [-0.39, 0.29) is 23.2 Å². The number of rotatable bonds is 1. The Morgan fingerprint density at radius 2 is 2.15 bits per heavy atom. The SMILES string of the molecule is COC(=O)[C@H]1[C@@H](C)C=CCC1(C)C. The zero-order valence-electron chi connectivity index (χ0n) is 8.83. The van der Waals surface area contributed by atoms with Crippen LogP contribution in [0.3, 0.4) is 0 Å². The van der Waals surface area contributed by atoms with Crippen molar-refractivity contribution < 1.29 is 9.53 Å². The molecule has 0 aromatic carbocycles. The second-order valence-corrected chi connectivity index (χ2v) is 4.48. The van der Waals surface area contributed by atoms with Crippen molar-refractivity contribution in [1.29, 1.82) is 0 Å². The molecule has 1 rings (SSSR count). The fraction of sp³-hybridized carbons (Fsp3) is 0.727. The summed E-state index contributed by atoms with van der Waals surface area (Å²) in [4.78, 5) is 11.5. The van der Waals surface area contributed by atoms with E-state index in [1.54, 1.807) is 0 Å². The van der Waals surface area contributed by atoms with Crippen LogP contribution in [0.15, 0.2) is 12.2 Å². The highest BCUT2D eigenvalue weighted by atomic mass is 16.5. The van der Waals surface area contributed by atoms with Crippen LogP contribution in [0.25, 0.3) is 0 Å². The van der Waals surface area contributed by atoms with Crippen molar-refractivity contribution in [1.82, 2.24) is 0 Å². The second kappa shape index (κ2) is 3.52. The predicted octanol–water partition coefficient (Wildman–Crippen LogP) is 2.40. The molecule has 0 N–H and O–H groups in total. The Balaban J connectivity index is 2.90. The number of methoxy groups -OCH3 is 1. The monoisotopic (exact) mass is 182 g/mol. The van der Waals surface area contributed by atoms with Gasteiger partial charge < -0.3 is 4.74 Å². The topological polar surface area (TPSA) is 26.3 Å². The molecular weight excluding hydrogens is 164 g/mol. The number of hydrogen-bond donors (Lipinski definition) is 0. The van der Waals surface area contributed by atoms with Crippen LogP contribution < -0.4 is 0 Å². The maximum absolute atomic E-state index is 11.5. The van der Waals surface area contributed by atoms with Gasteiger partial charge in [0, 0.05) is 0 Å². The van der Waals surface area contributed by atoms with E-state index in [9.17, 15) is 4.79 Å². The number of carbonyl (C=O) groups is 1. The number of esters is 1. The minimum Gasteiger partial charge on any atom is -0.469 e. The van der Waals surface area contributed by atoms with Gasteiger partial charge in [0.05, 0.1) is 13.0 Å². The summed E-state index contributed by atoms with van der Waals surface area (Å²) in [6.45, 7) is 6.31. The molecule has 2 heteroatoms. The molecule has 0 saturated heterocycles. The first-order chi connectivity index (χ1) is 5.99. The Morgan fingerprint density at radius 3 is 2.62 bits per heavy atom. The summed E-state index contributed by atoms with van der Waals surface area (Å²) in [5.41, 5.74) is 0.0290. The molecule has 0 unspecified atom stereocenters. The lowest BCUT2D eigenvalue weighted by molar-refractivity contribution is -0.151. The minimum absolute atomic E-state index is 0.00231. The van der Waals surface area contributed by atoms with Crippen molar-refractivity contribution in [2.45, 2.75) is 27.2 Å². The first kappa shape index (κ1) is 10.3. The van der Waals surface area contributed by atoms with Crippen LogP contribution in [-0.4, -0.2) is 13.1 Å².